The van der Waals surface area contributed by atoms with Crippen LogP contribution in [0.1, 0.15) is 16.1 Å². The minimum atomic E-state index is -0.0289. The van der Waals surface area contributed by atoms with Crippen LogP contribution in [0.4, 0.5) is 0 Å². The first-order chi connectivity index (χ1) is 9.74. The van der Waals surface area contributed by atoms with Gasteiger partial charge in [-0.25, -0.2) is 0 Å². The van der Waals surface area contributed by atoms with E-state index in [1.165, 1.54) is 0 Å². The Labute approximate surface area is 116 Å². The number of rotatable bonds is 3. The second kappa shape index (κ2) is 5.17. The van der Waals surface area contributed by atoms with Gasteiger partial charge in [-0.05, 0) is 36.4 Å². The molecule has 1 amide bonds. The second-order valence-corrected chi connectivity index (χ2v) is 4.66. The summed E-state index contributed by atoms with van der Waals surface area (Å²) in [6.07, 6.45) is 3.35. The third kappa shape index (κ3) is 2.40. The molecule has 20 heavy (non-hydrogen) atoms. The largest absolute Gasteiger partial charge is 0.464 e. The van der Waals surface area contributed by atoms with Crippen molar-refractivity contribution in [2.45, 2.75) is 6.54 Å². The smallest absolute Gasteiger partial charge is 0.253 e. The number of hydrogen-bond donors (Lipinski definition) is 0. The molecule has 2 aromatic heterocycles. The fourth-order valence-corrected chi connectivity index (χ4v) is 2.13. The number of nitrogens with zero attached hydrogens (tertiary/aromatic N) is 2. The van der Waals surface area contributed by atoms with Gasteiger partial charge in [0.2, 0.25) is 0 Å². The zero-order chi connectivity index (χ0) is 13.9. The lowest BCUT2D eigenvalue weighted by Crippen LogP contribution is -2.26. The summed E-state index contributed by atoms with van der Waals surface area (Å²) in [6, 6.07) is 13.0. The summed E-state index contributed by atoms with van der Waals surface area (Å²) in [7, 11) is 1.77. The van der Waals surface area contributed by atoms with E-state index in [9.17, 15) is 4.79 Å². The second-order valence-electron chi connectivity index (χ2n) is 4.66. The molecule has 0 radical (unpaired) electrons. The van der Waals surface area contributed by atoms with Crippen LogP contribution in [0.25, 0.3) is 11.0 Å². The van der Waals surface area contributed by atoms with Gasteiger partial charge in [0.1, 0.15) is 5.58 Å². The summed E-state index contributed by atoms with van der Waals surface area (Å²) >= 11 is 0. The summed E-state index contributed by atoms with van der Waals surface area (Å²) in [6.45, 7) is 0.489. The fourth-order valence-electron chi connectivity index (χ4n) is 2.13. The van der Waals surface area contributed by atoms with Crippen molar-refractivity contribution in [2.24, 2.45) is 0 Å². The van der Waals surface area contributed by atoms with Gasteiger partial charge in [-0.15, -0.1) is 0 Å². The normalized spacial score (nSPS) is 10.7. The molecule has 0 unspecified atom stereocenters. The van der Waals surface area contributed by atoms with E-state index in [0.717, 1.165) is 16.7 Å². The highest BCUT2D eigenvalue weighted by molar-refractivity contribution is 5.97. The van der Waals surface area contributed by atoms with E-state index in [4.69, 9.17) is 4.42 Å². The number of benzene rings is 1. The molecule has 2 heterocycles. The molecule has 0 aliphatic rings. The lowest BCUT2D eigenvalue weighted by atomic mass is 10.1. The Morgan fingerprint density at radius 2 is 2.15 bits per heavy atom. The Morgan fingerprint density at radius 3 is 2.95 bits per heavy atom. The van der Waals surface area contributed by atoms with Gasteiger partial charge in [-0.1, -0.05) is 6.07 Å². The molecule has 0 spiro atoms. The van der Waals surface area contributed by atoms with Gasteiger partial charge in [0.15, 0.2) is 0 Å². The molecule has 0 N–H and O–H groups in total. The molecule has 100 valence electrons. The Hall–Kier alpha value is -2.62. The highest BCUT2D eigenvalue weighted by Crippen LogP contribution is 2.18. The van der Waals surface area contributed by atoms with E-state index in [0.29, 0.717) is 12.1 Å². The molecule has 0 atom stereocenters. The lowest BCUT2D eigenvalue weighted by Gasteiger charge is -2.16. The van der Waals surface area contributed by atoms with Crippen LogP contribution in [-0.2, 0) is 6.54 Å². The number of fused-ring (bicyclic) bond motifs is 1. The van der Waals surface area contributed by atoms with Gasteiger partial charge >= 0.3 is 0 Å². The molecular formula is C16H14N2O2. The van der Waals surface area contributed by atoms with Crippen molar-refractivity contribution in [1.82, 2.24) is 9.88 Å². The predicted octanol–water partition coefficient (Wildman–Crippen LogP) is 3.10. The summed E-state index contributed by atoms with van der Waals surface area (Å²) < 4.78 is 5.27. The predicted molar refractivity (Wildman–Crippen MR) is 76.2 cm³/mol. The standard InChI is InChI=1S/C16H14N2O2/c1-18(11-14-4-2-3-8-17-14)16(19)13-5-6-15-12(10-13)7-9-20-15/h2-10H,11H2,1H3. The Bertz CT molecular complexity index is 734. The number of hydrogen-bond acceptors (Lipinski definition) is 3. The molecule has 4 heteroatoms. The van der Waals surface area contributed by atoms with Gasteiger partial charge in [-0.2, -0.15) is 0 Å². The first-order valence-electron chi connectivity index (χ1n) is 6.37. The van der Waals surface area contributed by atoms with Crippen LogP contribution in [-0.4, -0.2) is 22.8 Å². The number of carbonyl (C=O) groups excluding carboxylic acids is 1. The molecule has 3 rings (SSSR count). The van der Waals surface area contributed by atoms with E-state index in [-0.39, 0.29) is 5.91 Å². The number of carbonyl (C=O) groups is 1. The third-order valence-electron chi connectivity index (χ3n) is 3.17. The van der Waals surface area contributed by atoms with Crippen LogP contribution >= 0.6 is 0 Å². The monoisotopic (exact) mass is 266 g/mol. The molecule has 1 aromatic carbocycles. The van der Waals surface area contributed by atoms with Crippen LogP contribution in [0.3, 0.4) is 0 Å². The summed E-state index contributed by atoms with van der Waals surface area (Å²) in [4.78, 5) is 18.3. The number of furan rings is 1. The Kier molecular flexibility index (Phi) is 3.21. The molecule has 0 saturated heterocycles. The number of aromatic nitrogens is 1. The molecular weight excluding hydrogens is 252 g/mol. The number of amides is 1. The molecule has 4 nitrogen and oxygen atoms in total. The van der Waals surface area contributed by atoms with Crippen molar-refractivity contribution in [3.63, 3.8) is 0 Å². The van der Waals surface area contributed by atoms with Gasteiger partial charge in [0.05, 0.1) is 18.5 Å². The fraction of sp³-hybridized carbons (Fsp3) is 0.125. The quantitative estimate of drug-likeness (QED) is 0.731. The molecule has 0 bridgehead atoms. The first-order valence-corrected chi connectivity index (χ1v) is 6.37. The van der Waals surface area contributed by atoms with Gasteiger partial charge in [-0.3, -0.25) is 9.78 Å². The van der Waals surface area contributed by atoms with Crippen molar-refractivity contribution in [3.05, 3.63) is 66.2 Å². The first kappa shape index (κ1) is 12.4. The Balaban J connectivity index is 1.80. The topological polar surface area (TPSA) is 46.3 Å². The third-order valence-corrected chi connectivity index (χ3v) is 3.17. The summed E-state index contributed by atoms with van der Waals surface area (Å²) in [5.41, 5.74) is 2.30. The minimum Gasteiger partial charge on any atom is -0.464 e. The Morgan fingerprint density at radius 1 is 1.25 bits per heavy atom. The van der Waals surface area contributed by atoms with E-state index < -0.39 is 0 Å². The molecule has 0 fully saturated rings. The van der Waals surface area contributed by atoms with Crippen molar-refractivity contribution in [2.75, 3.05) is 7.05 Å². The summed E-state index contributed by atoms with van der Waals surface area (Å²) in [5, 5.41) is 0.932. The zero-order valence-corrected chi connectivity index (χ0v) is 11.1. The van der Waals surface area contributed by atoms with Crippen molar-refractivity contribution >= 4 is 16.9 Å². The number of pyridine rings is 1. The molecule has 3 aromatic rings. The summed E-state index contributed by atoms with van der Waals surface area (Å²) in [5.74, 6) is -0.0289. The zero-order valence-electron chi connectivity index (χ0n) is 11.1. The van der Waals surface area contributed by atoms with Gasteiger partial charge in [0.25, 0.3) is 5.91 Å². The van der Waals surface area contributed by atoms with Crippen LogP contribution in [0, 0.1) is 0 Å². The van der Waals surface area contributed by atoms with Crippen LogP contribution in [0.15, 0.2) is 59.3 Å². The highest BCUT2D eigenvalue weighted by atomic mass is 16.3. The van der Waals surface area contributed by atoms with Crippen molar-refractivity contribution in [3.8, 4) is 0 Å². The van der Waals surface area contributed by atoms with Crippen LogP contribution in [0.5, 0.6) is 0 Å². The van der Waals surface area contributed by atoms with E-state index in [1.54, 1.807) is 30.5 Å². The molecule has 0 aliphatic heterocycles. The maximum Gasteiger partial charge on any atom is 0.253 e. The van der Waals surface area contributed by atoms with Crippen molar-refractivity contribution < 1.29 is 9.21 Å². The van der Waals surface area contributed by atoms with E-state index in [2.05, 4.69) is 4.98 Å². The van der Waals surface area contributed by atoms with Gasteiger partial charge < -0.3 is 9.32 Å². The van der Waals surface area contributed by atoms with E-state index >= 15 is 0 Å². The highest BCUT2D eigenvalue weighted by Gasteiger charge is 2.13. The SMILES string of the molecule is CN(Cc1ccccn1)C(=O)c1ccc2occc2c1. The molecule has 0 saturated carbocycles. The maximum absolute atomic E-state index is 12.4. The van der Waals surface area contributed by atoms with Crippen LogP contribution < -0.4 is 0 Å². The minimum absolute atomic E-state index is 0.0289. The van der Waals surface area contributed by atoms with Crippen LogP contribution in [0.2, 0.25) is 0 Å². The van der Waals surface area contributed by atoms with E-state index in [1.807, 2.05) is 36.4 Å². The van der Waals surface area contributed by atoms with Gasteiger partial charge in [0, 0.05) is 24.2 Å². The average molecular weight is 266 g/mol. The lowest BCUT2D eigenvalue weighted by molar-refractivity contribution is 0.0783. The average Bonchev–Trinajstić information content (AvgIpc) is 2.94. The van der Waals surface area contributed by atoms with Crippen molar-refractivity contribution in [1.29, 1.82) is 0 Å². The maximum atomic E-state index is 12.4. The molecule has 0 aliphatic carbocycles.